The number of hydrogen-bond acceptors (Lipinski definition) is 4. The van der Waals surface area contributed by atoms with Crippen molar-refractivity contribution in [2.45, 2.75) is 38.0 Å². The van der Waals surface area contributed by atoms with E-state index in [0.29, 0.717) is 17.8 Å². The Balaban J connectivity index is 1.99. The molecule has 1 heterocycles. The molecule has 0 aromatic heterocycles. The number of carbonyl (C=O) groups is 1. The minimum atomic E-state index is -3.83. The zero-order valence-electron chi connectivity index (χ0n) is 16.4. The molecule has 1 aliphatic rings. The third-order valence-electron chi connectivity index (χ3n) is 4.86. The highest BCUT2D eigenvalue weighted by atomic mass is 32.2. The fourth-order valence-corrected chi connectivity index (χ4v) is 4.48. The molecule has 0 fully saturated rings. The number of nitriles is 1. The number of nitrogens with zero attached hydrogens (tertiary/aromatic N) is 2. The van der Waals surface area contributed by atoms with Crippen molar-refractivity contribution in [2.24, 2.45) is 5.92 Å². The van der Waals surface area contributed by atoms with Crippen LogP contribution >= 0.6 is 0 Å². The molecule has 6 nitrogen and oxygen atoms in total. The van der Waals surface area contributed by atoms with Crippen LogP contribution in [0.3, 0.4) is 0 Å². The van der Waals surface area contributed by atoms with Crippen LogP contribution < -0.4 is 9.62 Å². The molecule has 3 rings (SSSR count). The first-order valence-electron chi connectivity index (χ1n) is 9.04. The van der Waals surface area contributed by atoms with Crippen LogP contribution in [-0.4, -0.2) is 20.9 Å². The average Bonchev–Trinajstić information content (AvgIpc) is 2.91. The van der Waals surface area contributed by atoms with E-state index in [1.165, 1.54) is 12.1 Å². The highest BCUT2D eigenvalue weighted by Gasteiger charge is 2.39. The molecule has 146 valence electrons. The number of amides is 1. The smallest absolute Gasteiger partial charge is 0.261 e. The van der Waals surface area contributed by atoms with Crippen molar-refractivity contribution in [1.29, 1.82) is 5.26 Å². The molecule has 0 radical (unpaired) electrons. The van der Waals surface area contributed by atoms with Crippen LogP contribution in [0, 0.1) is 17.2 Å². The van der Waals surface area contributed by atoms with Crippen molar-refractivity contribution >= 4 is 27.3 Å². The molecular weight excluding hydrogens is 374 g/mol. The molecule has 2 aromatic carbocycles. The summed E-state index contributed by atoms with van der Waals surface area (Å²) in [4.78, 5) is 14.4. The lowest BCUT2D eigenvalue weighted by molar-refractivity contribution is -0.121. The van der Waals surface area contributed by atoms with E-state index in [1.807, 2.05) is 33.8 Å². The summed E-state index contributed by atoms with van der Waals surface area (Å²) in [5.41, 5.74) is 1.93. The summed E-state index contributed by atoms with van der Waals surface area (Å²) in [5, 5.41) is 8.99. The summed E-state index contributed by atoms with van der Waals surface area (Å²) < 4.78 is 28.2. The Morgan fingerprint density at radius 3 is 2.57 bits per heavy atom. The molecule has 0 spiro atoms. The van der Waals surface area contributed by atoms with Gasteiger partial charge in [0.05, 0.1) is 22.2 Å². The highest BCUT2D eigenvalue weighted by Crippen LogP contribution is 2.42. The molecule has 1 N–H and O–H groups in total. The third kappa shape index (κ3) is 3.60. The van der Waals surface area contributed by atoms with Crippen molar-refractivity contribution in [3.63, 3.8) is 0 Å². The summed E-state index contributed by atoms with van der Waals surface area (Å²) >= 11 is 0. The lowest BCUT2D eigenvalue weighted by Crippen LogP contribution is -2.36. The fourth-order valence-electron chi connectivity index (χ4n) is 3.40. The number of rotatable bonds is 4. The zero-order chi connectivity index (χ0) is 20.7. The quantitative estimate of drug-likeness (QED) is 0.853. The van der Waals surface area contributed by atoms with Gasteiger partial charge in [-0.05, 0) is 42.0 Å². The van der Waals surface area contributed by atoms with Crippen molar-refractivity contribution < 1.29 is 13.2 Å². The molecule has 1 aliphatic heterocycles. The first-order valence-corrected chi connectivity index (χ1v) is 10.5. The van der Waals surface area contributed by atoms with Gasteiger partial charge in [-0.15, -0.1) is 0 Å². The van der Waals surface area contributed by atoms with E-state index in [2.05, 4.69) is 4.72 Å². The highest BCUT2D eigenvalue weighted by molar-refractivity contribution is 7.92. The van der Waals surface area contributed by atoms with Crippen LogP contribution in [0.4, 0.5) is 11.4 Å². The van der Waals surface area contributed by atoms with Crippen LogP contribution in [0.25, 0.3) is 0 Å². The van der Waals surface area contributed by atoms with Crippen molar-refractivity contribution in [2.75, 3.05) is 16.2 Å². The maximum Gasteiger partial charge on any atom is 0.261 e. The normalized spacial score (nSPS) is 15.2. The van der Waals surface area contributed by atoms with E-state index in [4.69, 9.17) is 5.26 Å². The molecule has 0 unspecified atom stereocenters. The second kappa shape index (κ2) is 6.95. The van der Waals surface area contributed by atoms with E-state index in [9.17, 15) is 13.2 Å². The SMILES string of the molecule is CC(C)C(=O)N1CC(C)(C)c2cc(S(=O)(=O)Nc3cccc(C#N)c3)ccc21. The van der Waals surface area contributed by atoms with E-state index in [-0.39, 0.29) is 22.1 Å². The number of benzene rings is 2. The van der Waals surface area contributed by atoms with Gasteiger partial charge < -0.3 is 4.90 Å². The van der Waals surface area contributed by atoms with Gasteiger partial charge in [0, 0.05) is 23.6 Å². The van der Waals surface area contributed by atoms with Crippen molar-refractivity contribution in [3.05, 3.63) is 53.6 Å². The van der Waals surface area contributed by atoms with Gasteiger partial charge in [0.1, 0.15) is 0 Å². The summed E-state index contributed by atoms with van der Waals surface area (Å²) in [5.74, 6) is -0.117. The van der Waals surface area contributed by atoms with Crippen LogP contribution in [0.5, 0.6) is 0 Å². The van der Waals surface area contributed by atoms with E-state index in [0.717, 1.165) is 11.3 Å². The van der Waals surface area contributed by atoms with Crippen molar-refractivity contribution in [3.8, 4) is 6.07 Å². The number of fused-ring (bicyclic) bond motifs is 1. The van der Waals surface area contributed by atoms with Gasteiger partial charge in [-0.2, -0.15) is 5.26 Å². The second-order valence-electron chi connectivity index (χ2n) is 7.94. The van der Waals surface area contributed by atoms with E-state index >= 15 is 0 Å². The first kappa shape index (κ1) is 19.9. The third-order valence-corrected chi connectivity index (χ3v) is 6.23. The predicted octanol–water partition coefficient (Wildman–Crippen LogP) is 3.64. The zero-order valence-corrected chi connectivity index (χ0v) is 17.2. The summed E-state index contributed by atoms with van der Waals surface area (Å²) in [7, 11) is -3.83. The Morgan fingerprint density at radius 1 is 1.21 bits per heavy atom. The lowest BCUT2D eigenvalue weighted by Gasteiger charge is -2.22. The maximum atomic E-state index is 12.9. The number of nitrogens with one attached hydrogen (secondary N) is 1. The Kier molecular flexibility index (Phi) is 4.94. The Labute approximate surface area is 165 Å². The molecule has 7 heteroatoms. The van der Waals surface area contributed by atoms with Gasteiger partial charge in [0.15, 0.2) is 0 Å². The standard InChI is InChI=1S/C21H23N3O3S/c1-14(2)20(25)24-13-21(3,4)18-11-17(8-9-19(18)24)28(26,27)23-16-7-5-6-15(10-16)12-22/h5-11,14,23H,13H2,1-4H3. The summed E-state index contributed by atoms with van der Waals surface area (Å²) in [6.45, 7) is 8.22. The number of sulfonamides is 1. The molecule has 0 saturated carbocycles. The van der Waals surface area contributed by atoms with Crippen molar-refractivity contribution in [1.82, 2.24) is 0 Å². The molecule has 0 saturated heterocycles. The Morgan fingerprint density at radius 2 is 1.93 bits per heavy atom. The van der Waals surface area contributed by atoms with Gasteiger partial charge in [0.2, 0.25) is 5.91 Å². The van der Waals surface area contributed by atoms with Gasteiger partial charge >= 0.3 is 0 Å². The van der Waals surface area contributed by atoms with Gasteiger partial charge in [0.25, 0.3) is 10.0 Å². The molecule has 0 aliphatic carbocycles. The Bertz CT molecular complexity index is 1080. The number of hydrogen-bond donors (Lipinski definition) is 1. The molecule has 0 bridgehead atoms. The molecule has 2 aromatic rings. The molecule has 0 atom stereocenters. The molecule has 1 amide bonds. The summed E-state index contributed by atoms with van der Waals surface area (Å²) in [6.07, 6.45) is 0. The minimum Gasteiger partial charge on any atom is -0.311 e. The van der Waals surface area contributed by atoms with Gasteiger partial charge in [-0.25, -0.2) is 8.42 Å². The van der Waals surface area contributed by atoms with Crippen LogP contribution in [0.2, 0.25) is 0 Å². The van der Waals surface area contributed by atoms with E-state index < -0.39 is 10.0 Å². The predicted molar refractivity (Wildman–Crippen MR) is 109 cm³/mol. The average molecular weight is 398 g/mol. The number of carbonyl (C=O) groups excluding carboxylic acids is 1. The number of anilines is 2. The summed E-state index contributed by atoms with van der Waals surface area (Å²) in [6, 6.07) is 13.1. The molecule has 28 heavy (non-hydrogen) atoms. The largest absolute Gasteiger partial charge is 0.311 e. The monoisotopic (exact) mass is 397 g/mol. The maximum absolute atomic E-state index is 12.9. The van der Waals surface area contributed by atoms with Gasteiger partial charge in [-0.3, -0.25) is 9.52 Å². The topological polar surface area (TPSA) is 90.3 Å². The first-order chi connectivity index (χ1) is 13.0. The Hall–Kier alpha value is -2.85. The van der Waals surface area contributed by atoms with Crippen LogP contribution in [0.15, 0.2) is 47.4 Å². The fraction of sp³-hybridized carbons (Fsp3) is 0.333. The second-order valence-corrected chi connectivity index (χ2v) is 9.62. The van der Waals surface area contributed by atoms with Gasteiger partial charge in [-0.1, -0.05) is 33.8 Å². The van der Waals surface area contributed by atoms with E-state index in [1.54, 1.807) is 35.2 Å². The van der Waals surface area contributed by atoms with Crippen LogP contribution in [-0.2, 0) is 20.2 Å². The van der Waals surface area contributed by atoms with Crippen LogP contribution in [0.1, 0.15) is 38.8 Å². The lowest BCUT2D eigenvalue weighted by atomic mass is 9.87. The molecular formula is C21H23N3O3S. The minimum absolute atomic E-state index is 0.0221.